The zero-order valence-electron chi connectivity index (χ0n) is 21.7. The number of pyridine rings is 1. The van der Waals surface area contributed by atoms with E-state index in [0.29, 0.717) is 32.0 Å². The number of aryl methyl sites for hydroxylation is 1. The van der Waals surface area contributed by atoms with Gasteiger partial charge < -0.3 is 24.7 Å². The van der Waals surface area contributed by atoms with Gasteiger partial charge in [-0.05, 0) is 44.5 Å². The van der Waals surface area contributed by atoms with Crippen molar-refractivity contribution in [2.45, 2.75) is 45.6 Å². The monoisotopic (exact) mass is 503 g/mol. The van der Waals surface area contributed by atoms with E-state index in [2.05, 4.69) is 20.5 Å². The first-order chi connectivity index (χ1) is 17.8. The Kier molecular flexibility index (Phi) is 6.99. The number of fused-ring (bicyclic) bond motifs is 2. The van der Waals surface area contributed by atoms with Crippen LogP contribution >= 0.6 is 0 Å². The van der Waals surface area contributed by atoms with Crippen LogP contribution in [0.4, 0.5) is 11.5 Å². The van der Waals surface area contributed by atoms with Gasteiger partial charge in [-0.3, -0.25) is 14.5 Å². The van der Waals surface area contributed by atoms with Gasteiger partial charge in [0.2, 0.25) is 11.8 Å². The summed E-state index contributed by atoms with van der Waals surface area (Å²) in [6, 6.07) is 9.43. The van der Waals surface area contributed by atoms with Crippen LogP contribution in [-0.4, -0.2) is 71.5 Å². The molecule has 3 aromatic rings. The molecule has 2 aromatic heterocycles. The summed E-state index contributed by atoms with van der Waals surface area (Å²) < 4.78 is 11.8. The first-order valence-electron chi connectivity index (χ1n) is 12.6. The van der Waals surface area contributed by atoms with Crippen LogP contribution < -0.4 is 10.6 Å². The lowest BCUT2D eigenvalue weighted by atomic mass is 10.1. The molecule has 1 saturated heterocycles. The van der Waals surface area contributed by atoms with Crippen molar-refractivity contribution < 1.29 is 18.7 Å². The predicted octanol–water partition coefficient (Wildman–Crippen LogP) is 3.65. The number of carbonyl (C=O) groups excluding carboxylic acids is 2. The molecule has 5 rings (SSSR count). The van der Waals surface area contributed by atoms with Crippen LogP contribution in [0.15, 0.2) is 47.0 Å². The number of rotatable bonds is 5. The molecule has 2 aliphatic heterocycles. The fraction of sp³-hybridized carbons (Fsp3) is 0.393. The Hall–Kier alpha value is -3.69. The van der Waals surface area contributed by atoms with Crippen LogP contribution in [0.5, 0.6) is 0 Å². The zero-order chi connectivity index (χ0) is 26.1. The molecule has 9 heteroatoms. The lowest BCUT2D eigenvalue weighted by Gasteiger charge is -2.38. The highest BCUT2D eigenvalue weighted by Gasteiger charge is 2.34. The Labute approximate surface area is 216 Å². The number of hydrogen-bond donors (Lipinski definition) is 2. The first-order valence-corrected chi connectivity index (χ1v) is 12.6. The SMILES string of the molecule is Cc1c(CN(C)C(=O)C=Cc2cnc3c(c2)NC[C@@H](N2C[C@@H](C)O[C@@H](C)C2)C(=O)N3)oc2ccccc12. The number of benzene rings is 1. The molecule has 0 aliphatic carbocycles. The Morgan fingerprint density at radius 2 is 2.00 bits per heavy atom. The van der Waals surface area contributed by atoms with Gasteiger partial charge in [-0.2, -0.15) is 0 Å². The Balaban J connectivity index is 1.24. The van der Waals surface area contributed by atoms with Crippen LogP contribution in [0.2, 0.25) is 0 Å². The molecule has 2 amide bonds. The van der Waals surface area contributed by atoms with Gasteiger partial charge in [0, 0.05) is 49.9 Å². The van der Waals surface area contributed by atoms with Gasteiger partial charge in [-0.1, -0.05) is 18.2 Å². The smallest absolute Gasteiger partial charge is 0.246 e. The molecular formula is C28H33N5O4. The molecule has 0 bridgehead atoms. The minimum absolute atomic E-state index is 0.0727. The minimum Gasteiger partial charge on any atom is -0.459 e. The number of ether oxygens (including phenoxy) is 1. The number of likely N-dealkylation sites (N-methyl/N-ethyl adjacent to an activating group) is 1. The second kappa shape index (κ2) is 10.4. The van der Waals surface area contributed by atoms with Crippen molar-refractivity contribution in [1.82, 2.24) is 14.8 Å². The lowest BCUT2D eigenvalue weighted by molar-refractivity contribution is -0.127. The van der Waals surface area contributed by atoms with E-state index in [9.17, 15) is 9.59 Å². The number of nitrogens with zero attached hydrogens (tertiary/aromatic N) is 3. The second-order valence-corrected chi connectivity index (χ2v) is 9.94. The molecule has 2 aliphatic rings. The normalized spacial score (nSPS) is 22.4. The molecule has 9 nitrogen and oxygen atoms in total. The summed E-state index contributed by atoms with van der Waals surface area (Å²) in [5.41, 5.74) is 3.35. The highest BCUT2D eigenvalue weighted by molar-refractivity contribution is 5.99. The maximum Gasteiger partial charge on any atom is 0.246 e. The summed E-state index contributed by atoms with van der Waals surface area (Å²) in [7, 11) is 1.75. The molecule has 0 spiro atoms. The molecule has 2 N–H and O–H groups in total. The minimum atomic E-state index is -0.320. The molecular weight excluding hydrogens is 470 g/mol. The van der Waals surface area contributed by atoms with Crippen molar-refractivity contribution in [2.24, 2.45) is 0 Å². The average molecular weight is 504 g/mol. The van der Waals surface area contributed by atoms with E-state index in [1.165, 1.54) is 6.08 Å². The number of para-hydroxylation sites is 1. The summed E-state index contributed by atoms with van der Waals surface area (Å²) in [5, 5.41) is 7.37. The third-order valence-electron chi connectivity index (χ3n) is 6.95. The van der Waals surface area contributed by atoms with Gasteiger partial charge >= 0.3 is 0 Å². The van der Waals surface area contributed by atoms with Crippen molar-refractivity contribution in [2.75, 3.05) is 37.3 Å². The van der Waals surface area contributed by atoms with Gasteiger partial charge in [0.15, 0.2) is 5.82 Å². The number of aromatic nitrogens is 1. The van der Waals surface area contributed by atoms with Gasteiger partial charge in [0.1, 0.15) is 17.4 Å². The molecule has 1 fully saturated rings. The Bertz CT molecular complexity index is 1340. The molecule has 0 saturated carbocycles. The van der Waals surface area contributed by atoms with Crippen LogP contribution in [-0.2, 0) is 20.9 Å². The summed E-state index contributed by atoms with van der Waals surface area (Å²) in [5.74, 6) is 1.03. The van der Waals surface area contributed by atoms with Crippen molar-refractivity contribution >= 4 is 40.4 Å². The molecule has 4 heterocycles. The maximum absolute atomic E-state index is 13.0. The highest BCUT2D eigenvalue weighted by Crippen LogP contribution is 2.27. The summed E-state index contributed by atoms with van der Waals surface area (Å²) in [4.78, 5) is 34.0. The zero-order valence-corrected chi connectivity index (χ0v) is 21.7. The number of carbonyl (C=O) groups is 2. The van der Waals surface area contributed by atoms with Crippen LogP contribution in [0, 0.1) is 6.92 Å². The fourth-order valence-corrected chi connectivity index (χ4v) is 5.04. The third kappa shape index (κ3) is 5.38. The summed E-state index contributed by atoms with van der Waals surface area (Å²) in [6.07, 6.45) is 5.05. The summed E-state index contributed by atoms with van der Waals surface area (Å²) in [6.45, 7) is 8.29. The standard InChI is InChI=1S/C28H33N5O4/c1-17-14-33(15-18(2)36-17)23-13-29-22-11-20(12-30-27(22)31-28(23)35)9-10-26(34)32(4)16-25-19(3)21-7-5-6-8-24(21)37-25/h5-12,17-18,23,29H,13-16H2,1-4H3,(H,30,31,35)/t17-,18+,23-/m1/s1. The fourth-order valence-electron chi connectivity index (χ4n) is 5.04. The number of nitrogens with one attached hydrogen (secondary N) is 2. The molecule has 37 heavy (non-hydrogen) atoms. The van der Waals surface area contributed by atoms with Crippen molar-refractivity contribution in [3.05, 3.63) is 59.5 Å². The van der Waals surface area contributed by atoms with E-state index < -0.39 is 0 Å². The largest absolute Gasteiger partial charge is 0.459 e. The lowest BCUT2D eigenvalue weighted by Crippen LogP contribution is -2.55. The van der Waals surface area contributed by atoms with E-state index in [-0.39, 0.29) is 30.1 Å². The topological polar surface area (TPSA) is 99.9 Å². The van der Waals surface area contributed by atoms with E-state index in [1.807, 2.05) is 51.1 Å². The van der Waals surface area contributed by atoms with Crippen molar-refractivity contribution in [3.8, 4) is 0 Å². The Morgan fingerprint density at radius 1 is 1.24 bits per heavy atom. The molecule has 3 atom stereocenters. The summed E-state index contributed by atoms with van der Waals surface area (Å²) >= 11 is 0. The maximum atomic E-state index is 13.0. The number of anilines is 2. The Morgan fingerprint density at radius 3 is 2.76 bits per heavy atom. The third-order valence-corrected chi connectivity index (χ3v) is 6.95. The van der Waals surface area contributed by atoms with E-state index in [0.717, 1.165) is 33.5 Å². The van der Waals surface area contributed by atoms with E-state index >= 15 is 0 Å². The number of morpholine rings is 1. The first kappa shape index (κ1) is 25.0. The van der Waals surface area contributed by atoms with Crippen LogP contribution in [0.1, 0.15) is 30.7 Å². The second-order valence-electron chi connectivity index (χ2n) is 9.94. The number of furan rings is 1. The predicted molar refractivity (Wildman–Crippen MR) is 143 cm³/mol. The van der Waals surface area contributed by atoms with Crippen LogP contribution in [0.3, 0.4) is 0 Å². The van der Waals surface area contributed by atoms with Gasteiger partial charge in [0.25, 0.3) is 0 Å². The highest BCUT2D eigenvalue weighted by atomic mass is 16.5. The van der Waals surface area contributed by atoms with Gasteiger partial charge in [-0.25, -0.2) is 4.98 Å². The van der Waals surface area contributed by atoms with Crippen LogP contribution in [0.25, 0.3) is 17.0 Å². The van der Waals surface area contributed by atoms with Crippen molar-refractivity contribution in [3.63, 3.8) is 0 Å². The molecule has 0 radical (unpaired) electrons. The van der Waals surface area contributed by atoms with Crippen molar-refractivity contribution in [1.29, 1.82) is 0 Å². The molecule has 194 valence electrons. The van der Waals surface area contributed by atoms with Gasteiger partial charge in [0.05, 0.1) is 24.4 Å². The quantitative estimate of drug-likeness (QED) is 0.513. The average Bonchev–Trinajstić information content (AvgIpc) is 3.07. The number of hydrogen-bond acceptors (Lipinski definition) is 7. The molecule has 0 unspecified atom stereocenters. The van der Waals surface area contributed by atoms with E-state index in [1.54, 1.807) is 24.2 Å². The van der Waals surface area contributed by atoms with E-state index in [4.69, 9.17) is 9.15 Å². The number of amides is 2. The van der Waals surface area contributed by atoms with Gasteiger partial charge in [-0.15, -0.1) is 0 Å². The molecule has 1 aromatic carbocycles.